The number of fused-ring (bicyclic) bond motifs is 5. The second kappa shape index (κ2) is 7.00. The maximum absolute atomic E-state index is 12.4. The van der Waals surface area contributed by atoms with Crippen LogP contribution in [0, 0.1) is 41.4 Å². The molecule has 1 aromatic carbocycles. The van der Waals surface area contributed by atoms with Gasteiger partial charge in [0.05, 0.1) is 6.10 Å². The highest BCUT2D eigenvalue weighted by Crippen LogP contribution is 2.66. The van der Waals surface area contributed by atoms with Gasteiger partial charge in [0.15, 0.2) is 0 Å². The van der Waals surface area contributed by atoms with Crippen LogP contribution in [0.2, 0.25) is 0 Å². The van der Waals surface area contributed by atoms with Gasteiger partial charge in [-0.15, -0.1) is 0 Å². The summed E-state index contributed by atoms with van der Waals surface area (Å²) < 4.78 is 6.51. The molecule has 0 N–H and O–H groups in total. The van der Waals surface area contributed by atoms with Crippen molar-refractivity contribution in [2.75, 3.05) is 7.05 Å². The van der Waals surface area contributed by atoms with Gasteiger partial charge >= 0.3 is 0 Å². The molecule has 4 fully saturated rings. The molecule has 0 spiro atoms. The number of carbonyl (C=O) groups excluding carboxylic acids is 1. The molecule has 0 radical (unpaired) electrons. The van der Waals surface area contributed by atoms with Crippen molar-refractivity contribution < 1.29 is 9.53 Å². The van der Waals surface area contributed by atoms with Gasteiger partial charge in [0.2, 0.25) is 5.91 Å². The molecule has 0 bridgehead atoms. The molecule has 164 valence electrons. The Balaban J connectivity index is 1.39. The van der Waals surface area contributed by atoms with Crippen LogP contribution in [0.3, 0.4) is 0 Å². The van der Waals surface area contributed by atoms with E-state index in [1.807, 2.05) is 0 Å². The SMILES string of the molecule is Cc1ccc(O[C@H]2C[C@H]3C4[C@@H](C)C[C@H]5N(C)C(=O)CC[C@]5(C)[C@H]4CC[C@]3(C)C2)cc1. The highest BCUT2D eigenvalue weighted by molar-refractivity contribution is 5.77. The molecular formula is C27H39NO2. The molecule has 4 aliphatic rings. The average Bonchev–Trinajstić information content (AvgIpc) is 3.04. The standard InChI is InChI=1S/C27H39NO2/c1-17-6-8-19(9-7-17)30-20-15-22-25-18(2)14-23-27(4,13-11-24(29)28(23)5)21(25)10-12-26(22,3)16-20/h6-9,18,20-23,25H,10-16H2,1-5H3/t18-,20-,21-,22-,23+,25?,26+,27+/m0/s1. The lowest BCUT2D eigenvalue weighted by atomic mass is 9.45. The number of hydrogen-bond donors (Lipinski definition) is 0. The van der Waals surface area contributed by atoms with Crippen LogP contribution in [0.4, 0.5) is 0 Å². The number of piperidine rings is 1. The van der Waals surface area contributed by atoms with Gasteiger partial charge in [0.1, 0.15) is 5.75 Å². The summed E-state index contributed by atoms with van der Waals surface area (Å²) >= 11 is 0. The first kappa shape index (κ1) is 20.4. The average molecular weight is 410 g/mol. The highest BCUT2D eigenvalue weighted by atomic mass is 16.5. The fourth-order valence-corrected chi connectivity index (χ4v) is 8.36. The van der Waals surface area contributed by atoms with Crippen molar-refractivity contribution in [1.82, 2.24) is 4.90 Å². The van der Waals surface area contributed by atoms with Gasteiger partial charge in [0.25, 0.3) is 0 Å². The molecule has 3 heteroatoms. The van der Waals surface area contributed by atoms with Crippen LogP contribution in [0.15, 0.2) is 24.3 Å². The van der Waals surface area contributed by atoms with E-state index < -0.39 is 0 Å². The summed E-state index contributed by atoms with van der Waals surface area (Å²) in [6.07, 6.45) is 8.38. The predicted octanol–water partition coefficient (Wildman–Crippen LogP) is 5.85. The molecule has 3 saturated carbocycles. The van der Waals surface area contributed by atoms with Gasteiger partial charge in [-0.3, -0.25) is 4.79 Å². The van der Waals surface area contributed by atoms with Crippen LogP contribution in [0.25, 0.3) is 0 Å². The molecule has 30 heavy (non-hydrogen) atoms. The molecule has 1 saturated heterocycles. The molecule has 1 unspecified atom stereocenters. The molecule has 1 aliphatic heterocycles. The molecule has 0 aromatic heterocycles. The number of hydrogen-bond acceptors (Lipinski definition) is 2. The van der Waals surface area contributed by atoms with Crippen molar-refractivity contribution >= 4 is 5.91 Å². The van der Waals surface area contributed by atoms with E-state index >= 15 is 0 Å². The van der Waals surface area contributed by atoms with Gasteiger partial charge in [-0.2, -0.15) is 0 Å². The first-order valence-electron chi connectivity index (χ1n) is 12.2. The number of nitrogens with zero attached hydrogens (tertiary/aromatic N) is 1. The summed E-state index contributed by atoms with van der Waals surface area (Å²) in [5.41, 5.74) is 1.98. The van der Waals surface area contributed by atoms with E-state index in [-0.39, 0.29) is 5.41 Å². The van der Waals surface area contributed by atoms with Crippen molar-refractivity contribution in [2.24, 2.45) is 34.5 Å². The molecule has 8 atom stereocenters. The number of benzene rings is 1. The van der Waals surface area contributed by atoms with E-state index in [1.165, 1.54) is 37.7 Å². The predicted molar refractivity (Wildman–Crippen MR) is 120 cm³/mol. The molecule has 1 aromatic rings. The van der Waals surface area contributed by atoms with Crippen molar-refractivity contribution in [3.63, 3.8) is 0 Å². The minimum absolute atomic E-state index is 0.289. The summed E-state index contributed by atoms with van der Waals surface area (Å²) in [6.45, 7) is 9.67. The van der Waals surface area contributed by atoms with Gasteiger partial charge in [0, 0.05) is 19.5 Å². The fourth-order valence-electron chi connectivity index (χ4n) is 8.36. The van der Waals surface area contributed by atoms with Crippen LogP contribution in [0.5, 0.6) is 5.75 Å². The molecule has 1 heterocycles. The second-order valence-corrected chi connectivity index (χ2v) is 11.7. The Morgan fingerprint density at radius 3 is 2.53 bits per heavy atom. The smallest absolute Gasteiger partial charge is 0.222 e. The summed E-state index contributed by atoms with van der Waals surface area (Å²) in [7, 11) is 2.06. The van der Waals surface area contributed by atoms with Crippen molar-refractivity contribution in [3.8, 4) is 5.75 Å². The normalized spacial score (nSPS) is 45.5. The molecule has 1 amide bonds. The first-order valence-corrected chi connectivity index (χ1v) is 12.2. The van der Waals surface area contributed by atoms with Crippen LogP contribution in [-0.4, -0.2) is 30.0 Å². The zero-order valence-electron chi connectivity index (χ0n) is 19.5. The van der Waals surface area contributed by atoms with E-state index in [0.717, 1.165) is 36.3 Å². The van der Waals surface area contributed by atoms with Crippen molar-refractivity contribution in [1.29, 1.82) is 0 Å². The van der Waals surface area contributed by atoms with Crippen LogP contribution >= 0.6 is 0 Å². The van der Waals surface area contributed by atoms with E-state index in [0.29, 0.717) is 29.4 Å². The molecule has 5 rings (SSSR count). The lowest BCUT2D eigenvalue weighted by Gasteiger charge is -2.63. The highest BCUT2D eigenvalue weighted by Gasteiger charge is 2.62. The zero-order chi connectivity index (χ0) is 21.3. The summed E-state index contributed by atoms with van der Waals surface area (Å²) in [6, 6.07) is 9.00. The number of likely N-dealkylation sites (tertiary alicyclic amines) is 1. The van der Waals surface area contributed by atoms with Crippen molar-refractivity contribution in [3.05, 3.63) is 29.8 Å². The van der Waals surface area contributed by atoms with Gasteiger partial charge in [-0.1, -0.05) is 38.5 Å². The Kier molecular flexibility index (Phi) is 4.76. The summed E-state index contributed by atoms with van der Waals surface area (Å²) in [5, 5.41) is 0. The quantitative estimate of drug-likeness (QED) is 0.613. The molecular weight excluding hydrogens is 370 g/mol. The largest absolute Gasteiger partial charge is 0.490 e. The van der Waals surface area contributed by atoms with Crippen molar-refractivity contribution in [2.45, 2.75) is 84.8 Å². The summed E-state index contributed by atoms with van der Waals surface area (Å²) in [4.78, 5) is 14.6. The number of rotatable bonds is 2. The summed E-state index contributed by atoms with van der Waals surface area (Å²) in [5.74, 6) is 4.35. The van der Waals surface area contributed by atoms with Gasteiger partial charge in [-0.25, -0.2) is 0 Å². The third-order valence-corrected chi connectivity index (χ3v) is 9.98. The Hall–Kier alpha value is -1.51. The number of carbonyl (C=O) groups is 1. The van der Waals surface area contributed by atoms with Gasteiger partial charge < -0.3 is 9.64 Å². The van der Waals surface area contributed by atoms with E-state index in [1.54, 1.807) is 0 Å². The minimum atomic E-state index is 0.289. The molecule has 3 nitrogen and oxygen atoms in total. The second-order valence-electron chi connectivity index (χ2n) is 11.7. The lowest BCUT2D eigenvalue weighted by molar-refractivity contribution is -0.164. The number of amides is 1. The Morgan fingerprint density at radius 1 is 1.07 bits per heavy atom. The Bertz CT molecular complexity index is 819. The fraction of sp³-hybridized carbons (Fsp3) is 0.741. The monoisotopic (exact) mass is 409 g/mol. The number of aryl methyl sites for hydroxylation is 1. The topological polar surface area (TPSA) is 29.5 Å². The first-order chi connectivity index (χ1) is 14.2. The third-order valence-electron chi connectivity index (χ3n) is 9.98. The minimum Gasteiger partial charge on any atom is -0.490 e. The zero-order valence-corrected chi connectivity index (χ0v) is 19.5. The lowest BCUT2D eigenvalue weighted by Crippen LogP contribution is -2.62. The van der Waals surface area contributed by atoms with Gasteiger partial charge in [-0.05, 0) is 92.1 Å². The maximum Gasteiger partial charge on any atom is 0.222 e. The third kappa shape index (κ3) is 3.02. The van der Waals surface area contributed by atoms with E-state index in [2.05, 4.69) is 63.9 Å². The Morgan fingerprint density at radius 2 is 1.80 bits per heavy atom. The van der Waals surface area contributed by atoms with Crippen LogP contribution in [-0.2, 0) is 4.79 Å². The van der Waals surface area contributed by atoms with E-state index in [9.17, 15) is 4.79 Å². The maximum atomic E-state index is 12.4. The number of ether oxygens (including phenoxy) is 1. The Labute approximate surface area is 182 Å². The van der Waals surface area contributed by atoms with Crippen LogP contribution < -0.4 is 4.74 Å². The van der Waals surface area contributed by atoms with E-state index in [4.69, 9.17) is 4.74 Å². The molecule has 3 aliphatic carbocycles. The van der Waals surface area contributed by atoms with Crippen LogP contribution in [0.1, 0.15) is 71.3 Å².